The lowest BCUT2D eigenvalue weighted by Crippen LogP contribution is -2.45. The molecule has 25 heavy (non-hydrogen) atoms. The van der Waals surface area contributed by atoms with Gasteiger partial charge in [-0.05, 0) is 38.1 Å². The highest BCUT2D eigenvalue weighted by molar-refractivity contribution is 6.39. The van der Waals surface area contributed by atoms with Crippen molar-refractivity contribution >= 4 is 41.2 Å². The van der Waals surface area contributed by atoms with Gasteiger partial charge >= 0.3 is 0 Å². The van der Waals surface area contributed by atoms with Crippen LogP contribution in [0.3, 0.4) is 0 Å². The normalized spacial score (nSPS) is 15.9. The molecule has 1 saturated heterocycles. The lowest BCUT2D eigenvalue weighted by atomic mass is 10.1. The van der Waals surface area contributed by atoms with Crippen LogP contribution < -0.4 is 21.7 Å². The molecule has 1 aliphatic rings. The van der Waals surface area contributed by atoms with Crippen LogP contribution in [0.25, 0.3) is 0 Å². The van der Waals surface area contributed by atoms with Crippen LogP contribution in [-0.2, 0) is 4.79 Å². The molecule has 1 fully saturated rings. The molecular weight excluding hydrogens is 365 g/mol. The summed E-state index contributed by atoms with van der Waals surface area (Å²) in [5.41, 5.74) is 5.50. The molecule has 1 heterocycles. The highest BCUT2D eigenvalue weighted by Gasteiger charge is 2.21. The summed E-state index contributed by atoms with van der Waals surface area (Å²) in [5.74, 6) is -1.18. The van der Waals surface area contributed by atoms with Gasteiger partial charge in [0.25, 0.3) is 11.8 Å². The van der Waals surface area contributed by atoms with Crippen molar-refractivity contribution in [3.63, 3.8) is 0 Å². The Kier molecular flexibility index (Phi) is 6.81. The molecule has 1 aromatic rings. The van der Waals surface area contributed by atoms with E-state index in [2.05, 4.69) is 16.0 Å². The van der Waals surface area contributed by atoms with Crippen LogP contribution >= 0.6 is 23.2 Å². The summed E-state index contributed by atoms with van der Waals surface area (Å²) in [7, 11) is 0. The van der Waals surface area contributed by atoms with Crippen molar-refractivity contribution in [1.29, 1.82) is 5.41 Å². The number of allylic oxidation sites excluding steroid dienone is 1. The van der Waals surface area contributed by atoms with Gasteiger partial charge in [-0.2, -0.15) is 0 Å². The maximum atomic E-state index is 12.4. The van der Waals surface area contributed by atoms with Gasteiger partial charge in [0, 0.05) is 12.3 Å². The Morgan fingerprint density at radius 1 is 1.24 bits per heavy atom. The lowest BCUT2D eigenvalue weighted by molar-refractivity contribution is -0.118. The molecule has 0 saturated carbocycles. The van der Waals surface area contributed by atoms with Crippen LogP contribution in [0.15, 0.2) is 29.6 Å². The van der Waals surface area contributed by atoms with Gasteiger partial charge in [0.15, 0.2) is 0 Å². The van der Waals surface area contributed by atoms with Crippen molar-refractivity contribution in [2.75, 3.05) is 13.1 Å². The fraction of sp³-hybridized carbons (Fsp3) is 0.312. The summed E-state index contributed by atoms with van der Waals surface area (Å²) in [6.07, 6.45) is 2.39. The molecule has 6 N–H and O–H groups in total. The molecule has 134 valence electrons. The number of halogens is 2. The maximum absolute atomic E-state index is 12.4. The predicted octanol–water partition coefficient (Wildman–Crippen LogP) is 1.41. The third-order valence-electron chi connectivity index (χ3n) is 3.79. The zero-order chi connectivity index (χ0) is 18.4. The second-order valence-corrected chi connectivity index (χ2v) is 6.33. The highest BCUT2D eigenvalue weighted by atomic mass is 35.5. The van der Waals surface area contributed by atoms with Crippen molar-refractivity contribution in [2.45, 2.75) is 18.9 Å². The molecule has 0 aliphatic carbocycles. The highest BCUT2D eigenvalue weighted by Crippen LogP contribution is 2.24. The van der Waals surface area contributed by atoms with Crippen molar-refractivity contribution in [3.8, 4) is 0 Å². The Balaban J connectivity index is 2.13. The third-order valence-corrected chi connectivity index (χ3v) is 4.42. The number of piperidine rings is 1. The summed E-state index contributed by atoms with van der Waals surface area (Å²) in [6, 6.07) is 4.65. The van der Waals surface area contributed by atoms with Gasteiger partial charge in [0.1, 0.15) is 5.70 Å². The van der Waals surface area contributed by atoms with Crippen LogP contribution in [0.4, 0.5) is 0 Å². The lowest BCUT2D eigenvalue weighted by Gasteiger charge is -2.24. The predicted molar refractivity (Wildman–Crippen MR) is 98.0 cm³/mol. The molecule has 0 aromatic heterocycles. The Hall–Kier alpha value is -2.09. The third kappa shape index (κ3) is 4.94. The van der Waals surface area contributed by atoms with Crippen molar-refractivity contribution < 1.29 is 9.59 Å². The molecule has 0 spiro atoms. The Morgan fingerprint density at radius 3 is 2.40 bits per heavy atom. The van der Waals surface area contributed by atoms with Crippen LogP contribution in [0.2, 0.25) is 10.0 Å². The second kappa shape index (κ2) is 8.84. The van der Waals surface area contributed by atoms with E-state index in [-0.39, 0.29) is 33.0 Å². The van der Waals surface area contributed by atoms with Crippen LogP contribution in [0.1, 0.15) is 23.2 Å². The Bertz CT molecular complexity index is 694. The standard InChI is InChI=1S/C16H19Cl2N5O2/c17-10-2-1-3-11(18)13(10)15(24)23-12(8-19)14(20)16(25)22-9-4-6-21-7-5-9/h1-3,8-9,19,21H,4-7,20H2,(H,22,25)(H,23,24). The molecule has 0 atom stereocenters. The van der Waals surface area contributed by atoms with E-state index in [1.165, 1.54) is 12.1 Å². The van der Waals surface area contributed by atoms with E-state index in [4.69, 9.17) is 34.3 Å². The number of amides is 2. The fourth-order valence-electron chi connectivity index (χ4n) is 2.43. The number of hydrogen-bond donors (Lipinski definition) is 5. The number of carbonyl (C=O) groups is 2. The van der Waals surface area contributed by atoms with Gasteiger partial charge in [-0.15, -0.1) is 0 Å². The largest absolute Gasteiger partial charge is 0.393 e. The topological polar surface area (TPSA) is 120 Å². The minimum Gasteiger partial charge on any atom is -0.393 e. The fourth-order valence-corrected chi connectivity index (χ4v) is 3.00. The molecule has 1 aliphatic heterocycles. The van der Waals surface area contributed by atoms with Gasteiger partial charge in [-0.25, -0.2) is 0 Å². The van der Waals surface area contributed by atoms with E-state index in [0.717, 1.165) is 32.1 Å². The minimum atomic E-state index is -0.647. The SMILES string of the molecule is N=CC(NC(=O)c1c(Cl)cccc1Cl)=C(N)C(=O)NC1CCNCC1. The number of benzene rings is 1. The number of carbonyl (C=O) groups excluding carboxylic acids is 2. The van der Waals surface area contributed by atoms with Crippen molar-refractivity contribution in [1.82, 2.24) is 16.0 Å². The number of nitrogens with two attached hydrogens (primary N) is 1. The summed E-state index contributed by atoms with van der Waals surface area (Å²) in [5, 5.41) is 16.2. The number of hydrogen-bond acceptors (Lipinski definition) is 5. The van der Waals surface area contributed by atoms with Crippen molar-refractivity contribution in [2.24, 2.45) is 5.73 Å². The quantitative estimate of drug-likeness (QED) is 0.389. The molecule has 2 rings (SSSR count). The molecule has 9 heteroatoms. The van der Waals surface area contributed by atoms with E-state index in [1.807, 2.05) is 0 Å². The molecule has 0 radical (unpaired) electrons. The van der Waals surface area contributed by atoms with Gasteiger partial charge in [0.2, 0.25) is 0 Å². The molecular formula is C16H19Cl2N5O2. The van der Waals surface area contributed by atoms with E-state index >= 15 is 0 Å². The first-order valence-electron chi connectivity index (χ1n) is 7.71. The summed E-state index contributed by atoms with van der Waals surface area (Å²) >= 11 is 12.0. The first-order valence-corrected chi connectivity index (χ1v) is 8.46. The first kappa shape index (κ1) is 19.2. The number of rotatable bonds is 5. The van der Waals surface area contributed by atoms with Crippen molar-refractivity contribution in [3.05, 3.63) is 45.2 Å². The van der Waals surface area contributed by atoms with Crippen LogP contribution in [0, 0.1) is 5.41 Å². The second-order valence-electron chi connectivity index (χ2n) is 5.52. The van der Waals surface area contributed by atoms with E-state index < -0.39 is 11.8 Å². The van der Waals surface area contributed by atoms with E-state index in [1.54, 1.807) is 6.07 Å². The summed E-state index contributed by atoms with van der Waals surface area (Å²) < 4.78 is 0. The minimum absolute atomic E-state index is 0.00741. The maximum Gasteiger partial charge on any atom is 0.269 e. The molecule has 7 nitrogen and oxygen atoms in total. The average Bonchev–Trinajstić information content (AvgIpc) is 2.59. The van der Waals surface area contributed by atoms with Gasteiger partial charge < -0.3 is 27.1 Å². The van der Waals surface area contributed by atoms with Gasteiger partial charge in [-0.3, -0.25) is 9.59 Å². The van der Waals surface area contributed by atoms with Crippen LogP contribution in [0.5, 0.6) is 0 Å². The molecule has 1 aromatic carbocycles. The summed E-state index contributed by atoms with van der Waals surface area (Å²) in [4.78, 5) is 24.6. The van der Waals surface area contributed by atoms with Crippen LogP contribution in [-0.4, -0.2) is 37.2 Å². The van der Waals surface area contributed by atoms with Gasteiger partial charge in [0.05, 0.1) is 21.3 Å². The smallest absolute Gasteiger partial charge is 0.269 e. The molecule has 2 amide bonds. The zero-order valence-corrected chi connectivity index (χ0v) is 14.9. The average molecular weight is 384 g/mol. The Morgan fingerprint density at radius 2 is 1.84 bits per heavy atom. The molecule has 0 unspecified atom stereocenters. The monoisotopic (exact) mass is 383 g/mol. The number of nitrogens with one attached hydrogen (secondary N) is 4. The molecule has 0 bridgehead atoms. The van der Waals surface area contributed by atoms with E-state index in [0.29, 0.717) is 0 Å². The Labute approximate surface area is 155 Å². The van der Waals surface area contributed by atoms with E-state index in [9.17, 15) is 9.59 Å². The zero-order valence-electron chi connectivity index (χ0n) is 13.4. The van der Waals surface area contributed by atoms with Gasteiger partial charge in [-0.1, -0.05) is 29.3 Å². The first-order chi connectivity index (χ1) is 11.9. The summed E-state index contributed by atoms with van der Waals surface area (Å²) in [6.45, 7) is 1.63.